The molecule has 7 aromatic rings. The number of benzene rings is 5. The Labute approximate surface area is 257 Å². The Balaban J connectivity index is 1.59. The topological polar surface area (TPSA) is 51.6 Å². The second-order valence-electron chi connectivity index (χ2n) is 10.8. The van der Waals surface area contributed by atoms with E-state index in [1.165, 1.54) is 0 Å². The highest BCUT2D eigenvalue weighted by molar-refractivity contribution is 5.96. The summed E-state index contributed by atoms with van der Waals surface area (Å²) in [6, 6.07) is 50.2. The van der Waals surface area contributed by atoms with Gasteiger partial charge in [-0.25, -0.2) is 15.0 Å². The standard InChI is InChI=1S/C40H30N4/c1-27-23-24-34(28(2)41-27)39-42-38(32-21-13-6-14-22-32)43-40(44-39)37-35(30-17-9-4-10-18-30)25-33(29-15-7-3-8-16-29)26-36(37)31-19-11-5-12-20-31/h3-26H,1-2H3. The Morgan fingerprint density at radius 3 is 1.32 bits per heavy atom. The van der Waals surface area contributed by atoms with E-state index in [9.17, 15) is 0 Å². The maximum atomic E-state index is 5.20. The molecule has 0 amide bonds. The van der Waals surface area contributed by atoms with Crippen molar-refractivity contribution in [3.63, 3.8) is 0 Å². The second-order valence-corrected chi connectivity index (χ2v) is 10.8. The van der Waals surface area contributed by atoms with Crippen molar-refractivity contribution in [2.75, 3.05) is 0 Å². The van der Waals surface area contributed by atoms with Crippen molar-refractivity contribution in [3.05, 3.63) is 157 Å². The molecular formula is C40H30N4. The van der Waals surface area contributed by atoms with Crippen molar-refractivity contribution in [3.8, 4) is 67.5 Å². The molecule has 5 aromatic carbocycles. The van der Waals surface area contributed by atoms with E-state index >= 15 is 0 Å². The first-order chi connectivity index (χ1) is 21.6. The first-order valence-corrected chi connectivity index (χ1v) is 14.7. The monoisotopic (exact) mass is 566 g/mol. The Kier molecular flexibility index (Phi) is 7.31. The van der Waals surface area contributed by atoms with Crippen LogP contribution >= 0.6 is 0 Å². The normalized spacial score (nSPS) is 11.0. The van der Waals surface area contributed by atoms with Gasteiger partial charge < -0.3 is 0 Å². The summed E-state index contributed by atoms with van der Waals surface area (Å²) in [4.78, 5) is 20.1. The minimum absolute atomic E-state index is 0.601. The van der Waals surface area contributed by atoms with Crippen molar-refractivity contribution >= 4 is 0 Å². The molecule has 0 atom stereocenters. The molecule has 7 rings (SSSR count). The molecule has 4 heteroatoms. The van der Waals surface area contributed by atoms with Crippen LogP contribution in [0.3, 0.4) is 0 Å². The predicted molar refractivity (Wildman–Crippen MR) is 180 cm³/mol. The van der Waals surface area contributed by atoms with E-state index < -0.39 is 0 Å². The van der Waals surface area contributed by atoms with Crippen LogP contribution in [0, 0.1) is 13.8 Å². The Morgan fingerprint density at radius 1 is 0.341 bits per heavy atom. The predicted octanol–water partition coefficient (Wildman–Crippen LogP) is 9.89. The SMILES string of the molecule is Cc1ccc(-c2nc(-c3ccccc3)nc(-c3c(-c4ccccc4)cc(-c4ccccc4)cc3-c3ccccc3)n2)c(C)n1. The summed E-state index contributed by atoms with van der Waals surface area (Å²) >= 11 is 0. The van der Waals surface area contributed by atoms with Gasteiger partial charge >= 0.3 is 0 Å². The average molecular weight is 567 g/mol. The molecule has 0 fully saturated rings. The molecule has 0 spiro atoms. The molecule has 0 saturated carbocycles. The van der Waals surface area contributed by atoms with Gasteiger partial charge in [-0.1, -0.05) is 121 Å². The minimum atomic E-state index is 0.601. The number of pyridine rings is 1. The zero-order chi connectivity index (χ0) is 29.9. The summed E-state index contributed by atoms with van der Waals surface area (Å²) in [5.41, 5.74) is 11.2. The number of aromatic nitrogens is 4. The highest BCUT2D eigenvalue weighted by Crippen LogP contribution is 2.43. The fraction of sp³-hybridized carbons (Fsp3) is 0.0500. The lowest BCUT2D eigenvalue weighted by Gasteiger charge is -2.19. The van der Waals surface area contributed by atoms with Crippen molar-refractivity contribution in [1.29, 1.82) is 0 Å². The van der Waals surface area contributed by atoms with Crippen LogP contribution in [0.2, 0.25) is 0 Å². The van der Waals surface area contributed by atoms with E-state index in [1.807, 2.05) is 68.4 Å². The summed E-state index contributed by atoms with van der Waals surface area (Å²) in [6.07, 6.45) is 0. The molecule has 44 heavy (non-hydrogen) atoms. The molecule has 210 valence electrons. The zero-order valence-electron chi connectivity index (χ0n) is 24.6. The third-order valence-corrected chi connectivity index (χ3v) is 7.77. The van der Waals surface area contributed by atoms with Gasteiger partial charge in [0.25, 0.3) is 0 Å². The highest BCUT2D eigenvalue weighted by Gasteiger charge is 2.22. The quantitative estimate of drug-likeness (QED) is 0.201. The van der Waals surface area contributed by atoms with Gasteiger partial charge in [-0.3, -0.25) is 4.98 Å². The van der Waals surface area contributed by atoms with Gasteiger partial charge in [0.1, 0.15) is 0 Å². The van der Waals surface area contributed by atoms with Crippen molar-refractivity contribution in [2.45, 2.75) is 13.8 Å². The summed E-state index contributed by atoms with van der Waals surface area (Å²) in [5.74, 6) is 1.84. The van der Waals surface area contributed by atoms with Gasteiger partial charge in [-0.05, 0) is 71.5 Å². The summed E-state index contributed by atoms with van der Waals surface area (Å²) < 4.78 is 0. The van der Waals surface area contributed by atoms with Gasteiger partial charge in [0, 0.05) is 28.1 Å². The molecule has 0 aliphatic carbocycles. The summed E-state index contributed by atoms with van der Waals surface area (Å²) in [7, 11) is 0. The van der Waals surface area contributed by atoms with Crippen molar-refractivity contribution in [1.82, 2.24) is 19.9 Å². The third kappa shape index (κ3) is 5.41. The molecule has 0 N–H and O–H groups in total. The lowest BCUT2D eigenvalue weighted by atomic mass is 9.87. The molecule has 4 nitrogen and oxygen atoms in total. The Morgan fingerprint density at radius 2 is 0.795 bits per heavy atom. The van der Waals surface area contributed by atoms with E-state index in [0.29, 0.717) is 17.5 Å². The zero-order valence-corrected chi connectivity index (χ0v) is 24.6. The second kappa shape index (κ2) is 11.9. The third-order valence-electron chi connectivity index (χ3n) is 7.77. The molecule has 0 saturated heterocycles. The Hall–Kier alpha value is -5.74. The maximum Gasteiger partial charge on any atom is 0.165 e. The minimum Gasteiger partial charge on any atom is -0.258 e. The van der Waals surface area contributed by atoms with E-state index in [2.05, 4.69) is 91.0 Å². The number of hydrogen-bond donors (Lipinski definition) is 0. The highest BCUT2D eigenvalue weighted by atomic mass is 15.0. The first kappa shape index (κ1) is 27.1. The van der Waals surface area contributed by atoms with Crippen molar-refractivity contribution < 1.29 is 0 Å². The molecule has 0 unspecified atom stereocenters. The van der Waals surface area contributed by atoms with E-state index in [0.717, 1.165) is 61.5 Å². The van der Waals surface area contributed by atoms with Gasteiger partial charge in [-0.15, -0.1) is 0 Å². The van der Waals surface area contributed by atoms with E-state index in [-0.39, 0.29) is 0 Å². The summed E-state index contributed by atoms with van der Waals surface area (Å²) in [5, 5.41) is 0. The van der Waals surface area contributed by atoms with E-state index in [1.54, 1.807) is 0 Å². The molecule has 2 heterocycles. The molecular weight excluding hydrogens is 536 g/mol. The Bertz CT molecular complexity index is 2000. The van der Waals surface area contributed by atoms with Gasteiger partial charge in [0.15, 0.2) is 17.5 Å². The maximum absolute atomic E-state index is 5.20. The van der Waals surface area contributed by atoms with Crippen LogP contribution in [0.25, 0.3) is 67.5 Å². The number of aryl methyl sites for hydroxylation is 2. The lowest BCUT2D eigenvalue weighted by Crippen LogP contribution is -2.04. The van der Waals surface area contributed by atoms with Crippen LogP contribution in [0.4, 0.5) is 0 Å². The van der Waals surface area contributed by atoms with Crippen LogP contribution in [0.1, 0.15) is 11.4 Å². The first-order valence-electron chi connectivity index (χ1n) is 14.7. The van der Waals surface area contributed by atoms with Crippen LogP contribution in [-0.2, 0) is 0 Å². The number of nitrogens with zero attached hydrogens (tertiary/aromatic N) is 4. The van der Waals surface area contributed by atoms with Gasteiger partial charge in [-0.2, -0.15) is 0 Å². The van der Waals surface area contributed by atoms with Gasteiger partial charge in [0.05, 0.1) is 0 Å². The van der Waals surface area contributed by atoms with Gasteiger partial charge in [0.2, 0.25) is 0 Å². The largest absolute Gasteiger partial charge is 0.258 e. The lowest BCUT2D eigenvalue weighted by molar-refractivity contribution is 1.05. The molecule has 0 radical (unpaired) electrons. The number of rotatable bonds is 6. The van der Waals surface area contributed by atoms with Crippen molar-refractivity contribution in [2.24, 2.45) is 0 Å². The average Bonchev–Trinajstić information content (AvgIpc) is 3.09. The molecule has 0 aliphatic rings. The van der Waals surface area contributed by atoms with Crippen LogP contribution in [-0.4, -0.2) is 19.9 Å². The molecule has 0 aliphatic heterocycles. The molecule has 0 bridgehead atoms. The van der Waals surface area contributed by atoms with Crippen LogP contribution in [0.15, 0.2) is 146 Å². The van der Waals surface area contributed by atoms with Crippen LogP contribution < -0.4 is 0 Å². The smallest absolute Gasteiger partial charge is 0.165 e. The fourth-order valence-electron chi connectivity index (χ4n) is 5.62. The number of hydrogen-bond acceptors (Lipinski definition) is 4. The van der Waals surface area contributed by atoms with E-state index in [4.69, 9.17) is 19.9 Å². The molecule has 2 aromatic heterocycles. The fourth-order valence-corrected chi connectivity index (χ4v) is 5.62. The van der Waals surface area contributed by atoms with Crippen LogP contribution in [0.5, 0.6) is 0 Å². The summed E-state index contributed by atoms with van der Waals surface area (Å²) in [6.45, 7) is 4.00.